The van der Waals surface area contributed by atoms with E-state index in [0.717, 1.165) is 58.2 Å². The van der Waals surface area contributed by atoms with Crippen LogP contribution < -0.4 is 10.6 Å². The minimum Gasteiger partial charge on any atom is -0.353 e. The molecule has 2 aliphatic heterocycles. The van der Waals surface area contributed by atoms with Crippen molar-refractivity contribution in [2.45, 2.75) is 51.1 Å². The van der Waals surface area contributed by atoms with Crippen molar-refractivity contribution in [1.29, 1.82) is 0 Å². The molecule has 0 radical (unpaired) electrons. The van der Waals surface area contributed by atoms with E-state index in [2.05, 4.69) is 27.4 Å². The number of nitrogens with one attached hydrogen (secondary N) is 2. The normalized spacial score (nSPS) is 29.6. The van der Waals surface area contributed by atoms with Crippen molar-refractivity contribution in [1.82, 2.24) is 20.4 Å². The van der Waals surface area contributed by atoms with Crippen molar-refractivity contribution >= 4 is 43.1 Å². The Hall–Kier alpha value is 0.220. The summed E-state index contributed by atoms with van der Waals surface area (Å²) in [7, 11) is 0. The van der Waals surface area contributed by atoms with Crippen LogP contribution in [0.15, 0.2) is 0 Å². The average Bonchev–Trinajstić information content (AvgIpc) is 2.99. The summed E-state index contributed by atoms with van der Waals surface area (Å²) in [5.74, 6) is 0.966. The molecule has 1 aliphatic carbocycles. The van der Waals surface area contributed by atoms with Crippen molar-refractivity contribution in [3.05, 3.63) is 0 Å². The summed E-state index contributed by atoms with van der Waals surface area (Å²) >= 11 is 0. The molecule has 0 aromatic heterocycles. The molecule has 1 saturated carbocycles. The second kappa shape index (κ2) is 12.6. The molecule has 0 spiro atoms. The molecule has 0 bridgehead atoms. The van der Waals surface area contributed by atoms with Gasteiger partial charge in [0.25, 0.3) is 0 Å². The summed E-state index contributed by atoms with van der Waals surface area (Å²) in [4.78, 5) is 17.3. The average molecular weight is 418 g/mol. The van der Waals surface area contributed by atoms with E-state index in [-0.39, 0.29) is 49.2 Å². The van der Waals surface area contributed by atoms with Crippen molar-refractivity contribution in [3.63, 3.8) is 0 Å². The van der Waals surface area contributed by atoms with Crippen LogP contribution in [0.4, 0.5) is 0 Å². The molecule has 0 aromatic carbocycles. The first kappa shape index (κ1) is 25.2. The van der Waals surface area contributed by atoms with Gasteiger partial charge in [0.15, 0.2) is 0 Å². The lowest BCUT2D eigenvalue weighted by Crippen LogP contribution is -2.49. The smallest absolute Gasteiger partial charge is 0.237 e. The maximum Gasteiger partial charge on any atom is 0.237 e. The number of fused-ring (bicyclic) bond motifs is 1. The Morgan fingerprint density at radius 2 is 1.68 bits per heavy atom. The predicted molar refractivity (Wildman–Crippen MR) is 111 cm³/mol. The number of rotatable bonds is 5. The number of piperazine rings is 1. The molecule has 8 heteroatoms. The summed E-state index contributed by atoms with van der Waals surface area (Å²) < 4.78 is 0. The highest BCUT2D eigenvalue weighted by atomic mass is 35.5. The third kappa shape index (κ3) is 7.04. The predicted octanol–water partition coefficient (Wildman–Crippen LogP) is 1.93. The lowest BCUT2D eigenvalue weighted by atomic mass is 9.85. The van der Waals surface area contributed by atoms with E-state index in [9.17, 15) is 4.79 Å². The molecule has 3 rings (SSSR count). The monoisotopic (exact) mass is 416 g/mol. The summed E-state index contributed by atoms with van der Waals surface area (Å²) in [5.41, 5.74) is 0. The fourth-order valence-electron chi connectivity index (χ4n) is 4.31. The number of amides is 1. The first-order valence-electron chi connectivity index (χ1n) is 9.24. The van der Waals surface area contributed by atoms with Gasteiger partial charge >= 0.3 is 0 Å². The van der Waals surface area contributed by atoms with Crippen LogP contribution in [0.3, 0.4) is 0 Å². The zero-order valence-electron chi connectivity index (χ0n) is 15.2. The zero-order chi connectivity index (χ0) is 15.4. The van der Waals surface area contributed by atoms with E-state index in [4.69, 9.17) is 0 Å². The Morgan fingerprint density at radius 3 is 2.32 bits per heavy atom. The largest absolute Gasteiger partial charge is 0.353 e. The van der Waals surface area contributed by atoms with Gasteiger partial charge in [-0.05, 0) is 31.7 Å². The Bertz CT molecular complexity index is 367. The second-order valence-corrected chi connectivity index (χ2v) is 7.17. The molecular formula is C17H35Cl3N4O. The minimum atomic E-state index is 0. The molecule has 5 nitrogen and oxygen atoms in total. The molecule has 3 fully saturated rings. The van der Waals surface area contributed by atoms with E-state index in [1.54, 1.807) is 0 Å². The van der Waals surface area contributed by atoms with Crippen molar-refractivity contribution in [3.8, 4) is 0 Å². The van der Waals surface area contributed by atoms with Gasteiger partial charge in [0.05, 0.1) is 6.04 Å². The Balaban J connectivity index is 0.00000192. The van der Waals surface area contributed by atoms with Crippen LogP contribution in [0.25, 0.3) is 0 Å². The number of carbonyl (C=O) groups excluding carboxylic acids is 1. The Kier molecular flexibility index (Phi) is 12.7. The van der Waals surface area contributed by atoms with Gasteiger partial charge in [0.1, 0.15) is 0 Å². The standard InChI is InChI=1S/C17H32N4O.3ClH/c1-2-20-9-11-21(12-10-20)8-7-18-17(22)16-13-14-5-3-4-6-15(14)19-16;;;/h14-16,19H,2-13H2,1H3,(H,18,22);3*1H. The van der Waals surface area contributed by atoms with Gasteiger partial charge in [0, 0.05) is 45.3 Å². The molecule has 2 N–H and O–H groups in total. The number of likely N-dealkylation sites (N-methyl/N-ethyl adjacent to an activating group) is 1. The van der Waals surface area contributed by atoms with E-state index >= 15 is 0 Å². The van der Waals surface area contributed by atoms with Crippen molar-refractivity contribution < 1.29 is 4.79 Å². The molecule has 2 saturated heterocycles. The lowest BCUT2D eigenvalue weighted by molar-refractivity contribution is -0.122. The number of hydrogen-bond donors (Lipinski definition) is 2. The van der Waals surface area contributed by atoms with Gasteiger partial charge in [-0.25, -0.2) is 0 Å². The van der Waals surface area contributed by atoms with Crippen LogP contribution in [0.1, 0.15) is 39.0 Å². The Labute approximate surface area is 171 Å². The molecule has 3 aliphatic rings. The molecule has 25 heavy (non-hydrogen) atoms. The van der Waals surface area contributed by atoms with Crippen LogP contribution >= 0.6 is 37.2 Å². The first-order valence-corrected chi connectivity index (χ1v) is 9.24. The fourth-order valence-corrected chi connectivity index (χ4v) is 4.31. The fraction of sp³-hybridized carbons (Fsp3) is 0.941. The second-order valence-electron chi connectivity index (χ2n) is 7.17. The molecule has 2 heterocycles. The van der Waals surface area contributed by atoms with Crippen molar-refractivity contribution in [2.75, 3.05) is 45.8 Å². The van der Waals surface area contributed by atoms with Crippen LogP contribution in [0.2, 0.25) is 0 Å². The van der Waals surface area contributed by atoms with Gasteiger partial charge in [-0.1, -0.05) is 19.8 Å². The number of carbonyl (C=O) groups is 1. The van der Waals surface area contributed by atoms with Gasteiger partial charge in [0.2, 0.25) is 5.91 Å². The van der Waals surface area contributed by atoms with Crippen LogP contribution in [0, 0.1) is 5.92 Å². The quantitative estimate of drug-likeness (QED) is 0.717. The van der Waals surface area contributed by atoms with Gasteiger partial charge in [-0.2, -0.15) is 0 Å². The Morgan fingerprint density at radius 1 is 1.04 bits per heavy atom. The van der Waals surface area contributed by atoms with Crippen molar-refractivity contribution in [2.24, 2.45) is 5.92 Å². The topological polar surface area (TPSA) is 47.6 Å². The molecule has 1 amide bonds. The minimum absolute atomic E-state index is 0. The van der Waals surface area contributed by atoms with Crippen LogP contribution in [-0.4, -0.2) is 73.6 Å². The lowest BCUT2D eigenvalue weighted by Gasteiger charge is -2.34. The molecule has 3 unspecified atom stereocenters. The molecule has 0 aromatic rings. The summed E-state index contributed by atoms with van der Waals surface area (Å²) in [6.45, 7) is 9.75. The number of nitrogens with zero attached hydrogens (tertiary/aromatic N) is 2. The number of halogens is 3. The van der Waals surface area contributed by atoms with E-state index < -0.39 is 0 Å². The van der Waals surface area contributed by atoms with Gasteiger partial charge < -0.3 is 15.5 Å². The highest BCUT2D eigenvalue weighted by Gasteiger charge is 2.37. The third-order valence-electron chi connectivity index (χ3n) is 5.82. The molecular weight excluding hydrogens is 383 g/mol. The summed E-state index contributed by atoms with van der Waals surface area (Å²) in [5, 5.41) is 6.71. The maximum atomic E-state index is 12.3. The summed E-state index contributed by atoms with van der Waals surface area (Å²) in [6.07, 6.45) is 6.29. The van der Waals surface area contributed by atoms with E-state index in [1.807, 2.05) is 0 Å². The SMILES string of the molecule is CCN1CCN(CCNC(=O)C2CC3CCCCC3N2)CC1.Cl.Cl.Cl. The van der Waals surface area contributed by atoms with Gasteiger partial charge in [-0.3, -0.25) is 9.69 Å². The summed E-state index contributed by atoms with van der Waals surface area (Å²) in [6, 6.07) is 0.664. The molecule has 3 atom stereocenters. The number of hydrogen-bond acceptors (Lipinski definition) is 4. The third-order valence-corrected chi connectivity index (χ3v) is 5.82. The van der Waals surface area contributed by atoms with E-state index in [1.165, 1.54) is 25.7 Å². The zero-order valence-corrected chi connectivity index (χ0v) is 17.7. The van der Waals surface area contributed by atoms with Crippen LogP contribution in [-0.2, 0) is 4.79 Å². The first-order chi connectivity index (χ1) is 10.8. The van der Waals surface area contributed by atoms with E-state index in [0.29, 0.717) is 6.04 Å². The highest BCUT2D eigenvalue weighted by molar-refractivity contribution is 5.86. The highest BCUT2D eigenvalue weighted by Crippen LogP contribution is 2.33. The van der Waals surface area contributed by atoms with Gasteiger partial charge in [-0.15, -0.1) is 37.2 Å². The van der Waals surface area contributed by atoms with Crippen LogP contribution in [0.5, 0.6) is 0 Å². The molecule has 150 valence electrons. The maximum absolute atomic E-state index is 12.3.